The van der Waals surface area contributed by atoms with E-state index in [0.717, 1.165) is 38.5 Å². The second kappa shape index (κ2) is 7.85. The molecule has 0 aliphatic heterocycles. The lowest BCUT2D eigenvalue weighted by molar-refractivity contribution is 0.0552. The summed E-state index contributed by atoms with van der Waals surface area (Å²) in [4.78, 5) is 48.3. The molecule has 174 valence electrons. The zero-order valence-electron chi connectivity index (χ0n) is 17.4. The number of rotatable bonds is 3. The van der Waals surface area contributed by atoms with Gasteiger partial charge in [-0.3, -0.25) is 0 Å². The molecule has 2 heterocycles. The van der Waals surface area contributed by atoms with Gasteiger partial charge in [0.15, 0.2) is 0 Å². The summed E-state index contributed by atoms with van der Waals surface area (Å²) in [5, 5.41) is 41.5. The van der Waals surface area contributed by atoms with E-state index in [-0.39, 0.29) is 10.8 Å². The number of phenols is 4. The van der Waals surface area contributed by atoms with Crippen LogP contribution in [-0.4, -0.2) is 46.6 Å². The van der Waals surface area contributed by atoms with Gasteiger partial charge in [-0.15, -0.1) is 0 Å². The SMILES string of the molecule is COC(=O)c1cc2cc(O)c(-c3c(O)cc4cc(C(=O)OC)oc(=O)c4c3O)c(O)c2c(=O)o1. The largest absolute Gasteiger partial charge is 0.507 e. The van der Waals surface area contributed by atoms with Crippen molar-refractivity contribution in [2.45, 2.75) is 0 Å². The molecule has 0 aliphatic rings. The second-order valence-electron chi connectivity index (χ2n) is 6.95. The number of carbonyl (C=O) groups is 2. The lowest BCUT2D eigenvalue weighted by Gasteiger charge is -2.14. The number of phenolic OH excluding ortho intramolecular Hbond substituents is 4. The summed E-state index contributed by atoms with van der Waals surface area (Å²) in [6.45, 7) is 0. The Labute approximate surface area is 187 Å². The molecule has 0 radical (unpaired) electrons. The molecule has 0 fully saturated rings. The summed E-state index contributed by atoms with van der Waals surface area (Å²) in [5.74, 6) is -6.25. The Balaban J connectivity index is 2.06. The molecule has 0 saturated heterocycles. The lowest BCUT2D eigenvalue weighted by Crippen LogP contribution is -2.09. The molecule has 2 aromatic heterocycles. The Morgan fingerprint density at radius 3 is 1.35 bits per heavy atom. The molecule has 4 aromatic rings. The number of benzene rings is 2. The maximum Gasteiger partial charge on any atom is 0.374 e. The molecule has 12 heteroatoms. The molecule has 0 amide bonds. The predicted octanol–water partition coefficient (Wildman–Crippen LogP) is 1.96. The van der Waals surface area contributed by atoms with E-state index in [2.05, 4.69) is 9.47 Å². The van der Waals surface area contributed by atoms with E-state index < -0.39 is 79.6 Å². The fourth-order valence-electron chi connectivity index (χ4n) is 3.54. The van der Waals surface area contributed by atoms with Gasteiger partial charge >= 0.3 is 23.2 Å². The van der Waals surface area contributed by atoms with E-state index in [0.29, 0.717) is 0 Å². The minimum atomic E-state index is -1.18. The highest BCUT2D eigenvalue weighted by Gasteiger charge is 2.27. The molecule has 0 aliphatic carbocycles. The average molecular weight is 470 g/mol. The summed E-state index contributed by atoms with van der Waals surface area (Å²) < 4.78 is 18.6. The van der Waals surface area contributed by atoms with Crippen molar-refractivity contribution in [3.63, 3.8) is 0 Å². The van der Waals surface area contributed by atoms with Crippen molar-refractivity contribution < 1.29 is 48.3 Å². The topological polar surface area (TPSA) is 194 Å². The Hall–Kier alpha value is -5.00. The number of esters is 2. The number of ether oxygens (including phenoxy) is 2. The fourth-order valence-corrected chi connectivity index (χ4v) is 3.54. The summed E-state index contributed by atoms with van der Waals surface area (Å²) in [6.07, 6.45) is 0. The highest BCUT2D eigenvalue weighted by molar-refractivity contribution is 6.05. The minimum absolute atomic E-state index is 0.114. The van der Waals surface area contributed by atoms with Crippen molar-refractivity contribution in [3.8, 4) is 34.1 Å². The number of hydrogen-bond acceptors (Lipinski definition) is 12. The van der Waals surface area contributed by atoms with E-state index in [1.807, 2.05) is 0 Å². The van der Waals surface area contributed by atoms with Gasteiger partial charge in [-0.25, -0.2) is 19.2 Å². The van der Waals surface area contributed by atoms with Gasteiger partial charge < -0.3 is 38.7 Å². The van der Waals surface area contributed by atoms with Gasteiger partial charge in [0.1, 0.15) is 33.8 Å². The van der Waals surface area contributed by atoms with Crippen molar-refractivity contribution >= 4 is 33.5 Å². The van der Waals surface area contributed by atoms with Crippen LogP contribution in [0.2, 0.25) is 0 Å². The zero-order chi connectivity index (χ0) is 24.9. The molecular weight excluding hydrogens is 456 g/mol. The lowest BCUT2D eigenvalue weighted by atomic mass is 9.95. The fraction of sp³-hybridized carbons (Fsp3) is 0.0909. The summed E-state index contributed by atoms with van der Waals surface area (Å²) in [6, 6.07) is 4.02. The van der Waals surface area contributed by atoms with Crippen LogP contribution in [0.4, 0.5) is 0 Å². The molecule has 34 heavy (non-hydrogen) atoms. The highest BCUT2D eigenvalue weighted by Crippen LogP contribution is 2.50. The van der Waals surface area contributed by atoms with Crippen LogP contribution < -0.4 is 11.3 Å². The van der Waals surface area contributed by atoms with E-state index in [9.17, 15) is 39.6 Å². The molecule has 0 bridgehead atoms. The van der Waals surface area contributed by atoms with Gasteiger partial charge in [0, 0.05) is 10.8 Å². The van der Waals surface area contributed by atoms with Gasteiger partial charge in [-0.05, 0) is 24.3 Å². The van der Waals surface area contributed by atoms with Gasteiger partial charge in [-0.2, -0.15) is 0 Å². The summed E-state index contributed by atoms with van der Waals surface area (Å²) >= 11 is 0. The van der Waals surface area contributed by atoms with E-state index in [1.165, 1.54) is 0 Å². The first-order valence-electron chi connectivity index (χ1n) is 9.31. The molecule has 4 N–H and O–H groups in total. The number of hydrogen-bond donors (Lipinski definition) is 4. The zero-order valence-corrected chi connectivity index (χ0v) is 17.4. The van der Waals surface area contributed by atoms with Gasteiger partial charge in [0.2, 0.25) is 11.5 Å². The van der Waals surface area contributed by atoms with Crippen LogP contribution >= 0.6 is 0 Å². The van der Waals surface area contributed by atoms with Crippen molar-refractivity contribution in [3.05, 3.63) is 56.6 Å². The number of aromatic hydroxyl groups is 4. The number of fused-ring (bicyclic) bond motifs is 2. The Bertz CT molecular complexity index is 1520. The second-order valence-corrected chi connectivity index (χ2v) is 6.95. The van der Waals surface area contributed by atoms with Crippen molar-refractivity contribution in [2.24, 2.45) is 0 Å². The quantitative estimate of drug-likeness (QED) is 0.318. The van der Waals surface area contributed by atoms with Gasteiger partial charge in [0.25, 0.3) is 0 Å². The minimum Gasteiger partial charge on any atom is -0.507 e. The van der Waals surface area contributed by atoms with Crippen molar-refractivity contribution in [1.29, 1.82) is 0 Å². The van der Waals surface area contributed by atoms with E-state index >= 15 is 0 Å². The maximum atomic E-state index is 12.5. The highest BCUT2D eigenvalue weighted by atomic mass is 16.5. The van der Waals surface area contributed by atoms with E-state index in [1.54, 1.807) is 0 Å². The first-order chi connectivity index (χ1) is 16.1. The van der Waals surface area contributed by atoms with Gasteiger partial charge in [0.05, 0.1) is 25.3 Å². The van der Waals surface area contributed by atoms with Crippen LogP contribution in [0.15, 0.2) is 42.7 Å². The summed E-state index contributed by atoms with van der Waals surface area (Å²) in [7, 11) is 2.11. The summed E-state index contributed by atoms with van der Waals surface area (Å²) in [5.41, 5.74) is -3.59. The molecule has 2 aromatic carbocycles. The third kappa shape index (κ3) is 3.24. The average Bonchev–Trinajstić information content (AvgIpc) is 2.78. The molecular formula is C22H14O12. The molecule has 4 rings (SSSR count). The van der Waals surface area contributed by atoms with Crippen LogP contribution in [0.1, 0.15) is 21.1 Å². The third-order valence-electron chi connectivity index (χ3n) is 5.03. The monoisotopic (exact) mass is 470 g/mol. The molecule has 12 nitrogen and oxygen atoms in total. The number of methoxy groups -OCH3 is 2. The Kier molecular flexibility index (Phi) is 5.12. The van der Waals surface area contributed by atoms with Crippen molar-refractivity contribution in [2.75, 3.05) is 14.2 Å². The smallest absolute Gasteiger partial charge is 0.374 e. The first kappa shape index (κ1) is 22.2. The molecule has 0 atom stereocenters. The molecule has 0 spiro atoms. The van der Waals surface area contributed by atoms with Crippen LogP contribution in [0.5, 0.6) is 23.0 Å². The normalized spacial score (nSPS) is 11.0. The first-order valence-corrected chi connectivity index (χ1v) is 9.31. The van der Waals surface area contributed by atoms with Gasteiger partial charge in [-0.1, -0.05) is 0 Å². The van der Waals surface area contributed by atoms with Crippen LogP contribution in [-0.2, 0) is 9.47 Å². The van der Waals surface area contributed by atoms with Crippen LogP contribution in [0.25, 0.3) is 32.7 Å². The predicted molar refractivity (Wildman–Crippen MR) is 113 cm³/mol. The Morgan fingerprint density at radius 2 is 1.03 bits per heavy atom. The standard InChI is InChI=1S/C22H14O12/c1-31-19(27)11-5-7-3-9(23)15(17(25)13(7)21(29)33-11)16-10(24)4-8-6-12(20(28)32-2)34-22(30)14(8)18(16)26/h3-6,23-26H,1-2H3. The van der Waals surface area contributed by atoms with Crippen LogP contribution in [0, 0.1) is 0 Å². The Morgan fingerprint density at radius 1 is 0.676 bits per heavy atom. The van der Waals surface area contributed by atoms with Crippen molar-refractivity contribution in [1.82, 2.24) is 0 Å². The third-order valence-corrected chi connectivity index (χ3v) is 5.03. The van der Waals surface area contributed by atoms with E-state index in [4.69, 9.17) is 8.83 Å². The molecule has 0 unspecified atom stereocenters. The van der Waals surface area contributed by atoms with Crippen LogP contribution in [0.3, 0.4) is 0 Å². The molecule has 0 saturated carbocycles. The maximum absolute atomic E-state index is 12.5. The number of carbonyl (C=O) groups excluding carboxylic acids is 2.